The van der Waals surface area contributed by atoms with Crippen molar-refractivity contribution in [1.82, 2.24) is 10.2 Å². The van der Waals surface area contributed by atoms with E-state index in [1.807, 2.05) is 0 Å². The second-order valence-electron chi connectivity index (χ2n) is 3.02. The molecule has 4 nitrogen and oxygen atoms in total. The predicted molar refractivity (Wildman–Crippen MR) is 47.7 cm³/mol. The van der Waals surface area contributed by atoms with E-state index in [9.17, 15) is 9.18 Å². The number of aromatic carboxylic acids is 1. The van der Waals surface area contributed by atoms with Gasteiger partial charge in [0.05, 0.1) is 5.52 Å². The van der Waals surface area contributed by atoms with E-state index in [4.69, 9.17) is 5.11 Å². The number of benzene rings is 1. The van der Waals surface area contributed by atoms with Gasteiger partial charge in [-0.15, -0.1) is 0 Å². The highest BCUT2D eigenvalue weighted by molar-refractivity contribution is 6.02. The first-order valence-electron chi connectivity index (χ1n) is 3.97. The molecule has 2 N–H and O–H groups in total. The molecular formula is C9H7FN2O2. The summed E-state index contributed by atoms with van der Waals surface area (Å²) in [4.78, 5) is 10.7. The standard InChI is InChI=1S/C9H7FN2O2/c1-4-2-5(10)3-6-7(4)8(9(13)14)12-11-6/h2-3H,1H3,(H,11,12)(H,13,14). The van der Waals surface area contributed by atoms with Gasteiger partial charge in [-0.1, -0.05) is 0 Å². The Balaban J connectivity index is 2.85. The molecule has 72 valence electrons. The van der Waals surface area contributed by atoms with Crippen LogP contribution in [0.2, 0.25) is 0 Å². The molecule has 1 heterocycles. The van der Waals surface area contributed by atoms with Crippen LogP contribution in [0, 0.1) is 12.7 Å². The SMILES string of the molecule is Cc1cc(F)cc2[nH]nc(C(=O)O)c12. The maximum atomic E-state index is 12.9. The third-order valence-corrected chi connectivity index (χ3v) is 2.03. The summed E-state index contributed by atoms with van der Waals surface area (Å²) in [5.41, 5.74) is 0.892. The molecule has 0 aliphatic heterocycles. The minimum Gasteiger partial charge on any atom is -0.476 e. The molecule has 14 heavy (non-hydrogen) atoms. The van der Waals surface area contributed by atoms with Crippen LogP contribution in [0.3, 0.4) is 0 Å². The third kappa shape index (κ3) is 1.14. The Morgan fingerprint density at radius 3 is 2.93 bits per heavy atom. The molecule has 0 saturated heterocycles. The van der Waals surface area contributed by atoms with E-state index in [0.29, 0.717) is 16.5 Å². The molecule has 0 radical (unpaired) electrons. The Morgan fingerprint density at radius 2 is 2.29 bits per heavy atom. The summed E-state index contributed by atoms with van der Waals surface area (Å²) in [6.07, 6.45) is 0. The van der Waals surface area contributed by atoms with Gasteiger partial charge in [-0.05, 0) is 24.6 Å². The molecule has 5 heteroatoms. The van der Waals surface area contributed by atoms with Crippen molar-refractivity contribution in [3.63, 3.8) is 0 Å². The number of carboxylic acid groups (broad SMARTS) is 1. The molecule has 2 rings (SSSR count). The van der Waals surface area contributed by atoms with Crippen molar-refractivity contribution in [3.8, 4) is 0 Å². The summed E-state index contributed by atoms with van der Waals surface area (Å²) < 4.78 is 12.9. The summed E-state index contributed by atoms with van der Waals surface area (Å²) in [5.74, 6) is -1.53. The molecule has 0 fully saturated rings. The van der Waals surface area contributed by atoms with Gasteiger partial charge in [0.1, 0.15) is 5.82 Å². The highest BCUT2D eigenvalue weighted by Crippen LogP contribution is 2.21. The number of aromatic nitrogens is 2. The molecule has 0 aliphatic carbocycles. The maximum absolute atomic E-state index is 12.9. The number of carbonyl (C=O) groups is 1. The van der Waals surface area contributed by atoms with Crippen LogP contribution in [0.5, 0.6) is 0 Å². The largest absolute Gasteiger partial charge is 0.476 e. The summed E-state index contributed by atoms with van der Waals surface area (Å²) >= 11 is 0. The molecule has 1 aromatic heterocycles. The van der Waals surface area contributed by atoms with Gasteiger partial charge in [0, 0.05) is 5.39 Å². The number of carboxylic acids is 1. The Hall–Kier alpha value is -1.91. The van der Waals surface area contributed by atoms with Crippen molar-refractivity contribution in [2.24, 2.45) is 0 Å². The lowest BCUT2D eigenvalue weighted by Gasteiger charge is -1.96. The Labute approximate surface area is 78.4 Å². The zero-order valence-electron chi connectivity index (χ0n) is 7.34. The van der Waals surface area contributed by atoms with Crippen molar-refractivity contribution >= 4 is 16.9 Å². The smallest absolute Gasteiger partial charge is 0.357 e. The third-order valence-electron chi connectivity index (χ3n) is 2.03. The van der Waals surface area contributed by atoms with Gasteiger partial charge in [-0.25, -0.2) is 9.18 Å². The molecule has 2 aromatic rings. The number of halogens is 1. The zero-order chi connectivity index (χ0) is 10.3. The van der Waals surface area contributed by atoms with E-state index in [0.717, 1.165) is 0 Å². The summed E-state index contributed by atoms with van der Waals surface area (Å²) in [6.45, 7) is 1.65. The van der Waals surface area contributed by atoms with Crippen molar-refractivity contribution in [2.45, 2.75) is 6.92 Å². The fourth-order valence-electron chi connectivity index (χ4n) is 1.47. The van der Waals surface area contributed by atoms with Crippen molar-refractivity contribution in [2.75, 3.05) is 0 Å². The average molecular weight is 194 g/mol. The van der Waals surface area contributed by atoms with Crippen LogP contribution in [0.4, 0.5) is 4.39 Å². The zero-order valence-corrected chi connectivity index (χ0v) is 7.34. The molecular weight excluding hydrogens is 187 g/mol. The Bertz CT molecular complexity index is 519. The second-order valence-corrected chi connectivity index (χ2v) is 3.02. The lowest BCUT2D eigenvalue weighted by molar-refractivity contribution is 0.0692. The summed E-state index contributed by atoms with van der Waals surface area (Å²) in [5, 5.41) is 15.3. The monoisotopic (exact) mass is 194 g/mol. The van der Waals surface area contributed by atoms with Crippen LogP contribution in [0.1, 0.15) is 16.1 Å². The molecule has 0 unspecified atom stereocenters. The molecule has 1 aromatic carbocycles. The van der Waals surface area contributed by atoms with Gasteiger partial charge >= 0.3 is 5.97 Å². The molecule has 0 atom stereocenters. The highest BCUT2D eigenvalue weighted by atomic mass is 19.1. The van der Waals surface area contributed by atoms with Crippen LogP contribution in [0.25, 0.3) is 10.9 Å². The first-order chi connectivity index (χ1) is 6.59. The quantitative estimate of drug-likeness (QED) is 0.726. The lowest BCUT2D eigenvalue weighted by Crippen LogP contribution is -1.97. The summed E-state index contributed by atoms with van der Waals surface area (Å²) in [7, 11) is 0. The van der Waals surface area contributed by atoms with Gasteiger partial charge < -0.3 is 5.11 Å². The minimum atomic E-state index is -1.12. The van der Waals surface area contributed by atoms with Crippen molar-refractivity contribution in [3.05, 3.63) is 29.2 Å². The van der Waals surface area contributed by atoms with E-state index in [-0.39, 0.29) is 5.69 Å². The second kappa shape index (κ2) is 2.80. The predicted octanol–water partition coefficient (Wildman–Crippen LogP) is 1.71. The normalized spacial score (nSPS) is 10.7. The number of hydrogen-bond donors (Lipinski definition) is 2. The lowest BCUT2D eigenvalue weighted by atomic mass is 10.1. The van der Waals surface area contributed by atoms with Crippen LogP contribution in [-0.4, -0.2) is 21.3 Å². The van der Waals surface area contributed by atoms with Crippen LogP contribution >= 0.6 is 0 Å². The van der Waals surface area contributed by atoms with E-state index in [1.54, 1.807) is 6.92 Å². The number of rotatable bonds is 1. The van der Waals surface area contributed by atoms with E-state index in [2.05, 4.69) is 10.2 Å². The number of aryl methyl sites for hydroxylation is 1. The van der Waals surface area contributed by atoms with Crippen molar-refractivity contribution in [1.29, 1.82) is 0 Å². The Morgan fingerprint density at radius 1 is 1.57 bits per heavy atom. The highest BCUT2D eigenvalue weighted by Gasteiger charge is 2.15. The van der Waals surface area contributed by atoms with Gasteiger partial charge in [0.15, 0.2) is 5.69 Å². The molecule has 0 spiro atoms. The van der Waals surface area contributed by atoms with Gasteiger partial charge in [-0.2, -0.15) is 5.10 Å². The topological polar surface area (TPSA) is 66.0 Å². The molecule has 0 saturated carbocycles. The van der Waals surface area contributed by atoms with Crippen LogP contribution < -0.4 is 0 Å². The number of hydrogen-bond acceptors (Lipinski definition) is 2. The fraction of sp³-hybridized carbons (Fsp3) is 0.111. The van der Waals surface area contributed by atoms with Gasteiger partial charge in [0.25, 0.3) is 0 Å². The van der Waals surface area contributed by atoms with E-state index >= 15 is 0 Å². The van der Waals surface area contributed by atoms with E-state index in [1.165, 1.54) is 12.1 Å². The number of fused-ring (bicyclic) bond motifs is 1. The Kier molecular flexibility index (Phi) is 1.73. The van der Waals surface area contributed by atoms with Crippen LogP contribution in [0.15, 0.2) is 12.1 Å². The number of nitrogens with one attached hydrogen (secondary N) is 1. The average Bonchev–Trinajstić information content (AvgIpc) is 2.47. The number of H-pyrrole nitrogens is 1. The van der Waals surface area contributed by atoms with Crippen molar-refractivity contribution < 1.29 is 14.3 Å². The molecule has 0 aliphatic rings. The molecule has 0 amide bonds. The van der Waals surface area contributed by atoms with Gasteiger partial charge in [0.2, 0.25) is 0 Å². The fourth-order valence-corrected chi connectivity index (χ4v) is 1.47. The van der Waals surface area contributed by atoms with E-state index < -0.39 is 11.8 Å². The number of aromatic amines is 1. The van der Waals surface area contributed by atoms with Gasteiger partial charge in [-0.3, -0.25) is 5.10 Å². The molecule has 0 bridgehead atoms. The maximum Gasteiger partial charge on any atom is 0.357 e. The summed E-state index contributed by atoms with van der Waals surface area (Å²) in [6, 6.07) is 2.51. The minimum absolute atomic E-state index is 0.0718. The number of nitrogens with zero attached hydrogens (tertiary/aromatic N) is 1. The first-order valence-corrected chi connectivity index (χ1v) is 3.97. The first kappa shape index (κ1) is 8.68. The van der Waals surface area contributed by atoms with Crippen LogP contribution in [-0.2, 0) is 0 Å².